The van der Waals surface area contributed by atoms with E-state index >= 15 is 0 Å². The molecule has 2 aromatic carbocycles. The van der Waals surface area contributed by atoms with E-state index in [-0.39, 0.29) is 4.90 Å². The number of hydrogen-bond donors (Lipinski definition) is 2. The van der Waals surface area contributed by atoms with Crippen molar-refractivity contribution < 1.29 is 13.2 Å². The molecule has 0 aromatic heterocycles. The summed E-state index contributed by atoms with van der Waals surface area (Å²) in [6.07, 6.45) is 0. The van der Waals surface area contributed by atoms with Gasteiger partial charge in [-0.25, -0.2) is 8.42 Å². The van der Waals surface area contributed by atoms with Gasteiger partial charge in [-0.05, 0) is 36.8 Å². The van der Waals surface area contributed by atoms with Gasteiger partial charge < -0.3 is 0 Å². The Bertz CT molecular complexity index is 761. The molecule has 2 N–H and O–H groups in total. The molecule has 0 heterocycles. The standard InChI is InChI=1S/C14H13ClN2O3S/c1-10-12(15)8-5-9-13(10)21(19,20)17-16-14(18)11-6-3-2-4-7-11/h2-9,17H,1H3,(H,16,18). The van der Waals surface area contributed by atoms with Crippen LogP contribution in [0.4, 0.5) is 0 Å². The van der Waals surface area contributed by atoms with E-state index < -0.39 is 15.9 Å². The molecule has 21 heavy (non-hydrogen) atoms. The number of rotatable bonds is 4. The third kappa shape index (κ3) is 3.60. The predicted octanol–water partition coefficient (Wildman–Crippen LogP) is 2.27. The first-order chi connectivity index (χ1) is 9.92. The number of carbonyl (C=O) groups excluding carboxylic acids is 1. The molecule has 7 heteroatoms. The molecule has 0 aliphatic carbocycles. The van der Waals surface area contributed by atoms with Gasteiger partial charge in [0.1, 0.15) is 0 Å². The lowest BCUT2D eigenvalue weighted by atomic mass is 10.2. The van der Waals surface area contributed by atoms with E-state index in [0.29, 0.717) is 16.1 Å². The molecule has 0 fully saturated rings. The molecular weight excluding hydrogens is 312 g/mol. The molecule has 2 aromatic rings. The monoisotopic (exact) mass is 324 g/mol. The summed E-state index contributed by atoms with van der Waals surface area (Å²) in [5.74, 6) is -0.543. The van der Waals surface area contributed by atoms with Crippen LogP contribution in [0.15, 0.2) is 53.4 Å². The minimum absolute atomic E-state index is 0.0170. The Kier molecular flexibility index (Phi) is 4.62. The minimum atomic E-state index is -3.88. The Morgan fingerprint density at radius 1 is 1.05 bits per heavy atom. The molecule has 0 atom stereocenters. The van der Waals surface area contributed by atoms with Crippen molar-refractivity contribution in [2.75, 3.05) is 0 Å². The average molecular weight is 325 g/mol. The van der Waals surface area contributed by atoms with Gasteiger partial charge in [0.05, 0.1) is 4.90 Å². The van der Waals surface area contributed by atoms with Crippen molar-refractivity contribution in [1.29, 1.82) is 0 Å². The van der Waals surface area contributed by atoms with Crippen LogP contribution in [-0.4, -0.2) is 14.3 Å². The highest BCUT2D eigenvalue weighted by molar-refractivity contribution is 7.89. The largest absolute Gasteiger partial charge is 0.273 e. The second-order valence-electron chi connectivity index (χ2n) is 4.29. The normalized spacial score (nSPS) is 11.1. The van der Waals surface area contributed by atoms with Crippen molar-refractivity contribution in [1.82, 2.24) is 10.3 Å². The van der Waals surface area contributed by atoms with E-state index in [1.165, 1.54) is 12.1 Å². The lowest BCUT2D eigenvalue weighted by Crippen LogP contribution is -2.41. The van der Waals surface area contributed by atoms with Gasteiger partial charge in [-0.1, -0.05) is 35.9 Å². The molecule has 1 amide bonds. The Labute approximate surface area is 128 Å². The Hall–Kier alpha value is -1.89. The molecule has 0 aliphatic heterocycles. The van der Waals surface area contributed by atoms with Crippen LogP contribution >= 0.6 is 11.6 Å². The lowest BCUT2D eigenvalue weighted by molar-refractivity contribution is 0.0945. The number of nitrogens with one attached hydrogen (secondary N) is 2. The number of halogens is 1. The van der Waals surface area contributed by atoms with E-state index in [1.54, 1.807) is 43.3 Å². The van der Waals surface area contributed by atoms with Gasteiger partial charge in [0.15, 0.2) is 0 Å². The van der Waals surface area contributed by atoms with Gasteiger partial charge >= 0.3 is 0 Å². The summed E-state index contributed by atoms with van der Waals surface area (Å²) in [6, 6.07) is 12.8. The zero-order valence-electron chi connectivity index (χ0n) is 11.1. The molecule has 0 radical (unpaired) electrons. The topological polar surface area (TPSA) is 75.3 Å². The summed E-state index contributed by atoms with van der Waals surface area (Å²) in [5, 5.41) is 0.340. The van der Waals surface area contributed by atoms with Gasteiger partial charge in [-0.15, -0.1) is 4.83 Å². The molecule has 0 aliphatic rings. The molecular formula is C14H13ClN2O3S. The molecule has 110 valence electrons. The highest BCUT2D eigenvalue weighted by Crippen LogP contribution is 2.22. The van der Waals surface area contributed by atoms with Gasteiger partial charge in [0.2, 0.25) is 0 Å². The fourth-order valence-corrected chi connectivity index (χ4v) is 3.05. The number of hydrogen-bond acceptors (Lipinski definition) is 3. The molecule has 5 nitrogen and oxygen atoms in total. The zero-order valence-corrected chi connectivity index (χ0v) is 12.7. The second kappa shape index (κ2) is 6.26. The first-order valence-electron chi connectivity index (χ1n) is 6.04. The number of benzene rings is 2. The van der Waals surface area contributed by atoms with Crippen LogP contribution in [0.2, 0.25) is 5.02 Å². The summed E-state index contributed by atoms with van der Waals surface area (Å²) in [7, 11) is -3.88. The van der Waals surface area contributed by atoms with E-state index in [4.69, 9.17) is 11.6 Å². The fourth-order valence-electron chi connectivity index (χ4n) is 1.71. The molecule has 0 saturated carbocycles. The van der Waals surface area contributed by atoms with E-state index in [0.717, 1.165) is 0 Å². The third-order valence-corrected chi connectivity index (χ3v) is 4.64. The summed E-state index contributed by atoms with van der Waals surface area (Å²) >= 11 is 5.90. The Balaban J connectivity index is 2.16. The van der Waals surface area contributed by atoms with Crippen LogP contribution in [0.5, 0.6) is 0 Å². The number of carbonyl (C=O) groups is 1. The van der Waals surface area contributed by atoms with Gasteiger partial charge in [0.25, 0.3) is 15.9 Å². The average Bonchev–Trinajstić information content (AvgIpc) is 2.48. The van der Waals surface area contributed by atoms with Crippen LogP contribution < -0.4 is 10.3 Å². The molecule has 0 bridgehead atoms. The molecule has 0 saturated heterocycles. The van der Waals surface area contributed by atoms with Crippen molar-refractivity contribution in [3.8, 4) is 0 Å². The Morgan fingerprint density at radius 3 is 2.38 bits per heavy atom. The van der Waals surface area contributed by atoms with E-state index in [1.807, 2.05) is 0 Å². The number of amides is 1. The van der Waals surface area contributed by atoms with Crippen LogP contribution in [0.3, 0.4) is 0 Å². The summed E-state index contributed by atoms with van der Waals surface area (Å²) in [4.78, 5) is 13.9. The van der Waals surface area contributed by atoms with E-state index in [9.17, 15) is 13.2 Å². The van der Waals surface area contributed by atoms with Crippen LogP contribution in [-0.2, 0) is 10.0 Å². The van der Waals surface area contributed by atoms with Crippen molar-refractivity contribution in [2.45, 2.75) is 11.8 Å². The SMILES string of the molecule is Cc1c(Cl)cccc1S(=O)(=O)NNC(=O)c1ccccc1. The fraction of sp³-hybridized carbons (Fsp3) is 0.0714. The molecule has 0 unspecified atom stereocenters. The van der Waals surface area contributed by atoms with Crippen molar-refractivity contribution in [3.63, 3.8) is 0 Å². The van der Waals surface area contributed by atoms with Crippen LogP contribution in [0.25, 0.3) is 0 Å². The molecule has 2 rings (SSSR count). The van der Waals surface area contributed by atoms with Gasteiger partial charge in [0, 0.05) is 10.6 Å². The highest BCUT2D eigenvalue weighted by Gasteiger charge is 2.19. The van der Waals surface area contributed by atoms with E-state index in [2.05, 4.69) is 10.3 Å². The maximum Gasteiger partial charge on any atom is 0.266 e. The molecule has 0 spiro atoms. The second-order valence-corrected chi connectivity index (χ2v) is 6.35. The first-order valence-corrected chi connectivity index (χ1v) is 7.90. The first kappa shape index (κ1) is 15.5. The summed E-state index contributed by atoms with van der Waals surface area (Å²) < 4.78 is 24.3. The van der Waals surface area contributed by atoms with Crippen molar-refractivity contribution >= 4 is 27.5 Å². The quantitative estimate of drug-likeness (QED) is 0.847. The summed E-state index contributed by atoms with van der Waals surface area (Å²) in [6.45, 7) is 1.59. The summed E-state index contributed by atoms with van der Waals surface area (Å²) in [5.41, 5.74) is 2.93. The van der Waals surface area contributed by atoms with Crippen LogP contribution in [0, 0.1) is 6.92 Å². The highest BCUT2D eigenvalue weighted by atomic mass is 35.5. The third-order valence-electron chi connectivity index (χ3n) is 2.84. The smallest absolute Gasteiger partial charge is 0.266 e. The van der Waals surface area contributed by atoms with Crippen molar-refractivity contribution in [3.05, 3.63) is 64.7 Å². The number of sulfonamides is 1. The Morgan fingerprint density at radius 2 is 1.71 bits per heavy atom. The predicted molar refractivity (Wildman–Crippen MR) is 80.4 cm³/mol. The maximum absolute atomic E-state index is 12.2. The van der Waals surface area contributed by atoms with Gasteiger partial charge in [-0.3, -0.25) is 10.2 Å². The number of hydrazine groups is 1. The van der Waals surface area contributed by atoms with Crippen molar-refractivity contribution in [2.24, 2.45) is 0 Å². The van der Waals surface area contributed by atoms with Gasteiger partial charge in [-0.2, -0.15) is 0 Å². The maximum atomic E-state index is 12.2. The zero-order chi connectivity index (χ0) is 15.5. The van der Waals surface area contributed by atoms with Crippen LogP contribution in [0.1, 0.15) is 15.9 Å². The lowest BCUT2D eigenvalue weighted by Gasteiger charge is -2.11. The minimum Gasteiger partial charge on any atom is -0.273 e.